The number of aliphatic hydroxyl groups is 1. The zero-order valence-corrected chi connectivity index (χ0v) is 23.5. The first kappa shape index (κ1) is 27.6. The fourth-order valence-electron chi connectivity index (χ4n) is 5.10. The molecule has 1 N–H and O–H groups in total. The van der Waals surface area contributed by atoms with Crippen LogP contribution in [0.3, 0.4) is 0 Å². The van der Waals surface area contributed by atoms with Crippen molar-refractivity contribution in [3.8, 4) is 11.5 Å². The van der Waals surface area contributed by atoms with E-state index < -0.39 is 5.60 Å². The molecule has 4 aromatic rings. The topological polar surface area (TPSA) is 68.9 Å². The van der Waals surface area contributed by atoms with Crippen LogP contribution in [0.4, 0.5) is 0 Å². The summed E-state index contributed by atoms with van der Waals surface area (Å²) in [6.45, 7) is 3.59. The van der Waals surface area contributed by atoms with Crippen molar-refractivity contribution < 1.29 is 14.6 Å². The molecule has 0 aliphatic carbocycles. The van der Waals surface area contributed by atoms with Crippen LogP contribution in [0.25, 0.3) is 11.0 Å². The highest BCUT2D eigenvalue weighted by Gasteiger charge is 2.31. The second-order valence-corrected chi connectivity index (χ2v) is 11.0. The van der Waals surface area contributed by atoms with Crippen molar-refractivity contribution in [2.45, 2.75) is 38.0 Å². The van der Waals surface area contributed by atoms with Gasteiger partial charge in [-0.3, -0.25) is 14.0 Å². The summed E-state index contributed by atoms with van der Waals surface area (Å²) >= 11 is 12.1. The molecular formula is C30H33Cl2N3O4. The van der Waals surface area contributed by atoms with Crippen molar-refractivity contribution in [3.63, 3.8) is 0 Å². The summed E-state index contributed by atoms with van der Waals surface area (Å²) in [7, 11) is 1.79. The van der Waals surface area contributed by atoms with E-state index in [1.165, 1.54) is 5.56 Å². The Kier molecular flexibility index (Phi) is 8.52. The van der Waals surface area contributed by atoms with Crippen LogP contribution < -0.4 is 15.2 Å². The second kappa shape index (κ2) is 12.0. The van der Waals surface area contributed by atoms with Crippen LogP contribution >= 0.6 is 23.2 Å². The first-order chi connectivity index (χ1) is 18.8. The number of para-hydroxylation sites is 2. The van der Waals surface area contributed by atoms with Gasteiger partial charge in [0.15, 0.2) is 0 Å². The number of nitrogens with zero attached hydrogens (tertiary/aromatic N) is 3. The van der Waals surface area contributed by atoms with E-state index in [9.17, 15) is 9.90 Å². The van der Waals surface area contributed by atoms with Crippen LogP contribution in [0.15, 0.2) is 71.5 Å². The molecule has 206 valence electrons. The Morgan fingerprint density at radius 3 is 2.41 bits per heavy atom. The Bertz CT molecular complexity index is 1480. The Labute approximate surface area is 238 Å². The van der Waals surface area contributed by atoms with Crippen molar-refractivity contribution >= 4 is 34.2 Å². The van der Waals surface area contributed by atoms with E-state index in [-0.39, 0.29) is 12.3 Å². The van der Waals surface area contributed by atoms with Crippen LogP contribution in [0.1, 0.15) is 24.8 Å². The van der Waals surface area contributed by atoms with Gasteiger partial charge in [-0.05, 0) is 67.8 Å². The van der Waals surface area contributed by atoms with E-state index in [2.05, 4.69) is 17.0 Å². The van der Waals surface area contributed by atoms with E-state index >= 15 is 0 Å². The van der Waals surface area contributed by atoms with Crippen molar-refractivity contribution in [3.05, 3.63) is 92.8 Å². The molecule has 7 nitrogen and oxygen atoms in total. The fraction of sp³-hybridized carbons (Fsp3) is 0.367. The van der Waals surface area contributed by atoms with Gasteiger partial charge in [-0.1, -0.05) is 47.5 Å². The monoisotopic (exact) mass is 569 g/mol. The lowest BCUT2D eigenvalue weighted by Crippen LogP contribution is -2.37. The molecule has 39 heavy (non-hydrogen) atoms. The highest BCUT2D eigenvalue weighted by molar-refractivity contribution is 6.42. The Morgan fingerprint density at radius 2 is 1.64 bits per heavy atom. The van der Waals surface area contributed by atoms with Crippen LogP contribution in [0, 0.1) is 0 Å². The third-order valence-corrected chi connectivity index (χ3v) is 8.11. The number of ether oxygens (including phenoxy) is 2. The number of benzene rings is 3. The van der Waals surface area contributed by atoms with Gasteiger partial charge in [-0.2, -0.15) is 0 Å². The molecule has 0 spiro atoms. The smallest absolute Gasteiger partial charge is 0.328 e. The van der Waals surface area contributed by atoms with Gasteiger partial charge in [0.2, 0.25) is 0 Å². The molecule has 3 aromatic carbocycles. The van der Waals surface area contributed by atoms with Gasteiger partial charge < -0.3 is 14.6 Å². The van der Waals surface area contributed by atoms with Crippen molar-refractivity contribution in [2.24, 2.45) is 7.05 Å². The minimum Gasteiger partial charge on any atom is -0.492 e. The maximum Gasteiger partial charge on any atom is 0.328 e. The zero-order valence-electron chi connectivity index (χ0n) is 22.0. The SMILES string of the molecule is Cn1c(=O)n(CCOc2ccc(CN3CCC[C@@](O)(COc4ccc(Cl)c(Cl)c4)CC3)cc2)c2ccccc21. The van der Waals surface area contributed by atoms with E-state index in [1.807, 2.05) is 36.4 Å². The highest BCUT2D eigenvalue weighted by atomic mass is 35.5. The molecule has 0 radical (unpaired) electrons. The summed E-state index contributed by atoms with van der Waals surface area (Å²) in [6, 6.07) is 21.0. The quantitative estimate of drug-likeness (QED) is 0.287. The summed E-state index contributed by atoms with van der Waals surface area (Å²) < 4.78 is 15.2. The Morgan fingerprint density at radius 1 is 0.897 bits per heavy atom. The molecule has 0 unspecified atom stereocenters. The van der Waals surface area contributed by atoms with Gasteiger partial charge in [-0.25, -0.2) is 4.79 Å². The van der Waals surface area contributed by atoms with Crippen LogP contribution in [-0.2, 0) is 20.1 Å². The molecule has 1 fully saturated rings. The lowest BCUT2D eigenvalue weighted by Gasteiger charge is -2.27. The van der Waals surface area contributed by atoms with Crippen LogP contribution in [0.5, 0.6) is 11.5 Å². The molecule has 9 heteroatoms. The summed E-state index contributed by atoms with van der Waals surface area (Å²) in [5.41, 5.74) is 2.09. The molecule has 1 saturated heterocycles. The molecular weight excluding hydrogens is 537 g/mol. The molecule has 1 aliphatic heterocycles. The van der Waals surface area contributed by atoms with Gasteiger partial charge in [0.1, 0.15) is 24.7 Å². The second-order valence-electron chi connectivity index (χ2n) is 10.2. The Balaban J connectivity index is 1.10. The van der Waals surface area contributed by atoms with E-state index in [0.29, 0.717) is 41.8 Å². The number of aryl methyl sites for hydroxylation is 1. The van der Waals surface area contributed by atoms with Crippen molar-refractivity contribution in [1.82, 2.24) is 14.0 Å². The van der Waals surface area contributed by atoms with Gasteiger partial charge in [0.05, 0.1) is 33.2 Å². The summed E-state index contributed by atoms with van der Waals surface area (Å²) in [4.78, 5) is 14.9. The summed E-state index contributed by atoms with van der Waals surface area (Å²) in [5, 5.41) is 12.1. The highest BCUT2D eigenvalue weighted by Crippen LogP contribution is 2.29. The standard InChI is InChI=1S/C30H33Cl2N3O4/c1-33-27-5-2-3-6-28(27)35(29(33)36)17-18-38-23-9-7-22(8-10-23)20-34-15-4-13-30(37,14-16-34)21-39-24-11-12-25(31)26(32)19-24/h2-3,5-12,19,37H,4,13-18,20-21H2,1H3/t30-/m0/s1. The zero-order chi connectivity index (χ0) is 27.4. The molecule has 2 heterocycles. The van der Waals surface area contributed by atoms with Gasteiger partial charge in [0, 0.05) is 26.2 Å². The van der Waals surface area contributed by atoms with Crippen LogP contribution in [-0.4, -0.2) is 51.0 Å². The van der Waals surface area contributed by atoms with Gasteiger partial charge >= 0.3 is 5.69 Å². The summed E-state index contributed by atoms with van der Waals surface area (Å²) in [5.74, 6) is 1.38. The minimum absolute atomic E-state index is 0.0413. The predicted molar refractivity (Wildman–Crippen MR) is 155 cm³/mol. The normalized spacial score (nSPS) is 18.3. The minimum atomic E-state index is -0.884. The number of aromatic nitrogens is 2. The third-order valence-electron chi connectivity index (χ3n) is 7.37. The van der Waals surface area contributed by atoms with Gasteiger partial charge in [-0.15, -0.1) is 0 Å². The van der Waals surface area contributed by atoms with Crippen molar-refractivity contribution in [2.75, 3.05) is 26.3 Å². The average molecular weight is 571 g/mol. The molecule has 1 atom stereocenters. The molecule has 0 saturated carbocycles. The molecule has 5 rings (SSSR count). The average Bonchev–Trinajstić information content (AvgIpc) is 3.05. The van der Waals surface area contributed by atoms with E-state index in [0.717, 1.165) is 42.8 Å². The van der Waals surface area contributed by atoms with Crippen LogP contribution in [0.2, 0.25) is 10.0 Å². The molecule has 1 aromatic heterocycles. The number of hydrogen-bond acceptors (Lipinski definition) is 5. The van der Waals surface area contributed by atoms with E-state index in [4.69, 9.17) is 32.7 Å². The first-order valence-corrected chi connectivity index (χ1v) is 14.0. The number of fused-ring (bicyclic) bond motifs is 1. The fourth-order valence-corrected chi connectivity index (χ4v) is 5.39. The number of imidazole rings is 1. The maximum atomic E-state index is 12.6. The third kappa shape index (κ3) is 6.61. The Hall–Kier alpha value is -2.97. The maximum absolute atomic E-state index is 12.6. The molecule has 1 aliphatic rings. The number of halogens is 2. The summed E-state index contributed by atoms with van der Waals surface area (Å²) in [6.07, 6.45) is 2.19. The predicted octanol–water partition coefficient (Wildman–Crippen LogP) is 5.52. The number of rotatable bonds is 9. The lowest BCUT2D eigenvalue weighted by atomic mass is 9.96. The van der Waals surface area contributed by atoms with Crippen molar-refractivity contribution in [1.29, 1.82) is 0 Å². The number of likely N-dealkylation sites (tertiary alicyclic amines) is 1. The molecule has 0 bridgehead atoms. The lowest BCUT2D eigenvalue weighted by molar-refractivity contribution is -0.0168. The largest absolute Gasteiger partial charge is 0.492 e. The molecule has 0 amide bonds. The van der Waals surface area contributed by atoms with E-state index in [1.54, 1.807) is 34.4 Å². The number of hydrogen-bond donors (Lipinski definition) is 1. The van der Waals surface area contributed by atoms with Gasteiger partial charge in [0.25, 0.3) is 0 Å². The first-order valence-electron chi connectivity index (χ1n) is 13.2.